The molecule has 0 aliphatic heterocycles. The summed E-state index contributed by atoms with van der Waals surface area (Å²) < 4.78 is 12.6. The normalized spacial score (nSPS) is 11.7. The maximum Gasteiger partial charge on any atom is 0.221 e. The number of hydrogen-bond donors (Lipinski definition) is 1. The fourth-order valence-electron chi connectivity index (χ4n) is 3.16. The maximum atomic E-state index is 12.7. The summed E-state index contributed by atoms with van der Waals surface area (Å²) in [7, 11) is 5.17. The number of methoxy groups -OCH3 is 2. The highest BCUT2D eigenvalue weighted by atomic mass is 16.5. The van der Waals surface area contributed by atoms with Gasteiger partial charge in [0.1, 0.15) is 23.4 Å². The van der Waals surface area contributed by atoms with E-state index in [0.29, 0.717) is 12.8 Å². The molecule has 3 rings (SSSR count). The van der Waals surface area contributed by atoms with Crippen LogP contribution in [0, 0.1) is 0 Å². The summed E-state index contributed by atoms with van der Waals surface area (Å²) in [6, 6.07) is 15.1. The van der Waals surface area contributed by atoms with Gasteiger partial charge in [-0.15, -0.1) is 0 Å². The molecule has 0 aliphatic carbocycles. The van der Waals surface area contributed by atoms with E-state index < -0.39 is 0 Å². The predicted molar refractivity (Wildman–Crippen MR) is 108 cm³/mol. The van der Waals surface area contributed by atoms with E-state index in [-0.39, 0.29) is 11.9 Å². The standard InChI is InChI=1S/C22H25N3O3/c1-25-14-13-23-22(25)21(16-7-5-4-6-8-16)24-20(26)12-9-17-15-18(27-2)10-11-19(17)28-3/h4-8,10-11,13-15,21H,9,12H2,1-3H3,(H,24,26). The van der Waals surface area contributed by atoms with Crippen LogP contribution >= 0.6 is 0 Å². The smallest absolute Gasteiger partial charge is 0.221 e. The van der Waals surface area contributed by atoms with Gasteiger partial charge in [0.2, 0.25) is 5.91 Å². The summed E-state index contributed by atoms with van der Waals surface area (Å²) in [6.45, 7) is 0. The second-order valence-electron chi connectivity index (χ2n) is 6.49. The molecule has 2 aromatic carbocycles. The van der Waals surface area contributed by atoms with Crippen molar-refractivity contribution in [2.45, 2.75) is 18.9 Å². The van der Waals surface area contributed by atoms with Gasteiger partial charge in [-0.05, 0) is 35.7 Å². The van der Waals surface area contributed by atoms with Crippen LogP contribution in [0.4, 0.5) is 0 Å². The van der Waals surface area contributed by atoms with E-state index in [4.69, 9.17) is 9.47 Å². The number of aryl methyl sites for hydroxylation is 2. The third-order valence-corrected chi connectivity index (χ3v) is 4.66. The van der Waals surface area contributed by atoms with E-state index in [0.717, 1.165) is 28.5 Å². The van der Waals surface area contributed by atoms with Crippen molar-refractivity contribution in [2.75, 3.05) is 14.2 Å². The quantitative estimate of drug-likeness (QED) is 0.652. The molecule has 0 spiro atoms. The first-order valence-corrected chi connectivity index (χ1v) is 9.14. The number of benzene rings is 2. The first-order chi connectivity index (χ1) is 13.6. The Hall–Kier alpha value is -3.28. The first-order valence-electron chi connectivity index (χ1n) is 9.14. The number of aromatic nitrogens is 2. The zero-order valence-corrected chi connectivity index (χ0v) is 16.4. The summed E-state index contributed by atoms with van der Waals surface area (Å²) in [5.74, 6) is 2.23. The van der Waals surface area contributed by atoms with E-state index in [9.17, 15) is 4.79 Å². The van der Waals surface area contributed by atoms with Gasteiger partial charge in [0.15, 0.2) is 0 Å². The van der Waals surface area contributed by atoms with Crippen LogP contribution in [-0.4, -0.2) is 29.7 Å². The molecule has 28 heavy (non-hydrogen) atoms. The highest BCUT2D eigenvalue weighted by Gasteiger charge is 2.20. The molecule has 1 amide bonds. The Labute approximate surface area is 165 Å². The van der Waals surface area contributed by atoms with Gasteiger partial charge in [-0.2, -0.15) is 0 Å². The van der Waals surface area contributed by atoms with Crippen molar-refractivity contribution >= 4 is 5.91 Å². The van der Waals surface area contributed by atoms with Crippen LogP contribution in [0.25, 0.3) is 0 Å². The number of rotatable bonds is 8. The number of ether oxygens (including phenoxy) is 2. The highest BCUT2D eigenvalue weighted by molar-refractivity contribution is 5.77. The second kappa shape index (κ2) is 9.08. The summed E-state index contributed by atoms with van der Waals surface area (Å²) in [4.78, 5) is 17.2. The molecule has 6 heteroatoms. The summed E-state index contributed by atoms with van der Waals surface area (Å²) in [5, 5.41) is 3.12. The van der Waals surface area contributed by atoms with E-state index in [1.807, 2.05) is 66.3 Å². The van der Waals surface area contributed by atoms with E-state index in [1.54, 1.807) is 20.4 Å². The lowest BCUT2D eigenvalue weighted by atomic mass is 10.0. The number of nitrogens with one attached hydrogen (secondary N) is 1. The van der Waals surface area contributed by atoms with Gasteiger partial charge < -0.3 is 19.4 Å². The Bertz CT molecular complexity index is 922. The number of carbonyl (C=O) groups excluding carboxylic acids is 1. The fraction of sp³-hybridized carbons (Fsp3) is 0.273. The Morgan fingerprint density at radius 2 is 1.93 bits per heavy atom. The highest BCUT2D eigenvalue weighted by Crippen LogP contribution is 2.25. The van der Waals surface area contributed by atoms with Crippen molar-refractivity contribution in [3.05, 3.63) is 77.9 Å². The van der Waals surface area contributed by atoms with Crippen LogP contribution in [0.5, 0.6) is 11.5 Å². The molecule has 0 saturated carbocycles. The molecule has 0 fully saturated rings. The maximum absolute atomic E-state index is 12.7. The number of imidazole rings is 1. The molecule has 1 atom stereocenters. The van der Waals surface area contributed by atoms with Crippen LogP contribution in [0.2, 0.25) is 0 Å². The first kappa shape index (κ1) is 19.5. The van der Waals surface area contributed by atoms with Gasteiger partial charge in [0.05, 0.1) is 14.2 Å². The lowest BCUT2D eigenvalue weighted by Crippen LogP contribution is -2.31. The largest absolute Gasteiger partial charge is 0.497 e. The molecule has 0 saturated heterocycles. The minimum atomic E-state index is -0.305. The van der Waals surface area contributed by atoms with Crippen LogP contribution < -0.4 is 14.8 Å². The van der Waals surface area contributed by atoms with Crippen LogP contribution in [0.15, 0.2) is 60.9 Å². The van der Waals surface area contributed by atoms with E-state index in [1.165, 1.54) is 0 Å². The molecular weight excluding hydrogens is 354 g/mol. The van der Waals surface area contributed by atoms with Gasteiger partial charge in [0, 0.05) is 25.9 Å². The topological polar surface area (TPSA) is 65.4 Å². The second-order valence-corrected chi connectivity index (χ2v) is 6.49. The average molecular weight is 379 g/mol. The molecule has 1 heterocycles. The van der Waals surface area contributed by atoms with Crippen molar-refractivity contribution in [3.8, 4) is 11.5 Å². The van der Waals surface area contributed by atoms with Crippen molar-refractivity contribution in [3.63, 3.8) is 0 Å². The van der Waals surface area contributed by atoms with E-state index in [2.05, 4.69) is 10.3 Å². The molecule has 1 unspecified atom stereocenters. The number of carbonyl (C=O) groups is 1. The summed E-state index contributed by atoms with van der Waals surface area (Å²) in [5.41, 5.74) is 1.93. The molecular formula is C22H25N3O3. The zero-order chi connectivity index (χ0) is 19.9. The Balaban J connectivity index is 1.74. The van der Waals surface area contributed by atoms with Crippen LogP contribution in [-0.2, 0) is 18.3 Å². The van der Waals surface area contributed by atoms with E-state index >= 15 is 0 Å². The third-order valence-electron chi connectivity index (χ3n) is 4.66. The van der Waals surface area contributed by atoms with Gasteiger partial charge in [-0.25, -0.2) is 4.98 Å². The third kappa shape index (κ3) is 4.52. The summed E-state index contributed by atoms with van der Waals surface area (Å²) >= 11 is 0. The van der Waals surface area contributed by atoms with Crippen LogP contribution in [0.1, 0.15) is 29.4 Å². The van der Waals surface area contributed by atoms with Crippen molar-refractivity contribution < 1.29 is 14.3 Å². The Morgan fingerprint density at radius 3 is 2.57 bits per heavy atom. The monoisotopic (exact) mass is 379 g/mol. The van der Waals surface area contributed by atoms with Gasteiger partial charge >= 0.3 is 0 Å². The van der Waals surface area contributed by atoms with Gasteiger partial charge in [0.25, 0.3) is 0 Å². The molecule has 146 valence electrons. The lowest BCUT2D eigenvalue weighted by Gasteiger charge is -2.19. The molecule has 1 N–H and O–H groups in total. The average Bonchev–Trinajstić information content (AvgIpc) is 3.16. The number of amides is 1. The van der Waals surface area contributed by atoms with Gasteiger partial charge in [-0.1, -0.05) is 30.3 Å². The number of nitrogens with zero attached hydrogens (tertiary/aromatic N) is 2. The van der Waals surface area contributed by atoms with Gasteiger partial charge in [-0.3, -0.25) is 4.79 Å². The van der Waals surface area contributed by atoms with Crippen molar-refractivity contribution in [2.24, 2.45) is 7.05 Å². The zero-order valence-electron chi connectivity index (χ0n) is 16.4. The minimum absolute atomic E-state index is 0.0540. The predicted octanol–water partition coefficient (Wildman–Crippen LogP) is 3.28. The molecule has 1 aromatic heterocycles. The summed E-state index contributed by atoms with van der Waals surface area (Å²) in [6.07, 6.45) is 4.49. The van der Waals surface area contributed by atoms with Crippen molar-refractivity contribution in [1.82, 2.24) is 14.9 Å². The fourth-order valence-corrected chi connectivity index (χ4v) is 3.16. The minimum Gasteiger partial charge on any atom is -0.497 e. The lowest BCUT2D eigenvalue weighted by molar-refractivity contribution is -0.121. The molecule has 0 radical (unpaired) electrons. The molecule has 0 bridgehead atoms. The molecule has 0 aliphatic rings. The molecule has 3 aromatic rings. The molecule has 6 nitrogen and oxygen atoms in total. The Morgan fingerprint density at radius 1 is 1.14 bits per heavy atom. The van der Waals surface area contributed by atoms with Crippen molar-refractivity contribution in [1.29, 1.82) is 0 Å². The van der Waals surface area contributed by atoms with Crippen LogP contribution in [0.3, 0.4) is 0 Å². The SMILES string of the molecule is COc1ccc(OC)c(CCC(=O)NC(c2ccccc2)c2nccn2C)c1. The Kier molecular flexibility index (Phi) is 6.32. The number of hydrogen-bond acceptors (Lipinski definition) is 4.